The molecule has 1 aliphatic heterocycles. The third-order valence-corrected chi connectivity index (χ3v) is 13.0. The Bertz CT molecular complexity index is 2670. The molecule has 0 radical (unpaired) electrons. The van der Waals surface area contributed by atoms with Gasteiger partial charge in [0.15, 0.2) is 0 Å². The van der Waals surface area contributed by atoms with Crippen LogP contribution in [-0.2, 0) is 16.6 Å². The van der Waals surface area contributed by atoms with E-state index in [2.05, 4.69) is 160 Å². The smallest absolute Gasteiger partial charge is 0.128 e. The van der Waals surface area contributed by atoms with Crippen LogP contribution in [0.2, 0.25) is 0 Å². The summed E-state index contributed by atoms with van der Waals surface area (Å²) in [5, 5.41) is 5.25. The molecule has 0 amide bonds. The molecular formula is C52H42O. The summed E-state index contributed by atoms with van der Waals surface area (Å²) in [7, 11) is 0. The van der Waals surface area contributed by atoms with Crippen molar-refractivity contribution in [2.24, 2.45) is 5.92 Å². The molecule has 256 valence electrons. The highest BCUT2D eigenvalue weighted by atomic mass is 16.5. The standard InChI is InChI=1S/C52H42O/c1-31-19-21-32(22-20-31)34-24-28-43-47(30-34)53-46-18-10-17-44(50(43)46)49-40-15-8-6-13-38(40)48(39-14-7-9-16-41(39)49)35-25-26-37-42-27-23-33-11-4-5-12-36(33)51(42)52(2,3)45(37)29-35/h4-22,25-26,29-30,46,50H,23-24,27-28H2,1-3H3. The molecule has 0 bridgehead atoms. The van der Waals surface area contributed by atoms with Crippen molar-refractivity contribution in [3.63, 3.8) is 0 Å². The van der Waals surface area contributed by atoms with Crippen LogP contribution in [-0.4, -0.2) is 6.10 Å². The third kappa shape index (κ3) is 4.50. The summed E-state index contributed by atoms with van der Waals surface area (Å²) in [6.45, 7) is 7.03. The zero-order chi connectivity index (χ0) is 35.4. The number of aryl methyl sites for hydroxylation is 2. The van der Waals surface area contributed by atoms with Crippen molar-refractivity contribution in [1.29, 1.82) is 0 Å². The normalized spacial score (nSPS) is 20.7. The minimum absolute atomic E-state index is 0.00780. The van der Waals surface area contributed by atoms with E-state index in [-0.39, 0.29) is 17.4 Å². The summed E-state index contributed by atoms with van der Waals surface area (Å²) in [6.07, 6.45) is 13.5. The van der Waals surface area contributed by atoms with Crippen LogP contribution in [0.1, 0.15) is 72.1 Å². The lowest BCUT2D eigenvalue weighted by Gasteiger charge is -2.29. The Morgan fingerprint density at radius 3 is 2.08 bits per heavy atom. The Balaban J connectivity index is 1.07. The summed E-state index contributed by atoms with van der Waals surface area (Å²) < 4.78 is 6.81. The molecular weight excluding hydrogens is 641 g/mol. The van der Waals surface area contributed by atoms with Gasteiger partial charge in [0.2, 0.25) is 0 Å². The fourth-order valence-corrected chi connectivity index (χ4v) is 10.5. The Morgan fingerprint density at radius 2 is 1.32 bits per heavy atom. The van der Waals surface area contributed by atoms with Crippen LogP contribution in [0, 0.1) is 12.8 Å². The Kier molecular flexibility index (Phi) is 6.66. The molecule has 1 nitrogen and oxygen atoms in total. The summed E-state index contributed by atoms with van der Waals surface area (Å²) in [5.74, 6) is 1.27. The quantitative estimate of drug-likeness (QED) is 0.169. The number of allylic oxidation sites excluding steroid dienone is 6. The maximum Gasteiger partial charge on any atom is 0.128 e. The van der Waals surface area contributed by atoms with Crippen molar-refractivity contribution in [1.82, 2.24) is 0 Å². The highest BCUT2D eigenvalue weighted by molar-refractivity contribution is 6.19. The molecule has 0 saturated heterocycles. The SMILES string of the molecule is Cc1ccc(C2=CC3=C(CC2)C2C(c4c5ccccc5c(-c5ccc6c(c5)C(C)(C)C5=C6CCc6ccccc65)c5ccccc45)=CC=CC2O3)cc1. The van der Waals surface area contributed by atoms with Gasteiger partial charge in [0.1, 0.15) is 11.9 Å². The lowest BCUT2D eigenvalue weighted by molar-refractivity contribution is 0.176. The van der Waals surface area contributed by atoms with Gasteiger partial charge in [-0.1, -0.05) is 141 Å². The van der Waals surface area contributed by atoms with Gasteiger partial charge in [0.25, 0.3) is 0 Å². The molecule has 1 heterocycles. The second-order valence-electron chi connectivity index (χ2n) is 16.2. The highest BCUT2D eigenvalue weighted by Gasteiger charge is 2.42. The first-order chi connectivity index (χ1) is 26.0. The predicted octanol–water partition coefficient (Wildman–Crippen LogP) is 13.2. The van der Waals surface area contributed by atoms with Gasteiger partial charge in [0.05, 0.1) is 5.92 Å². The second-order valence-corrected chi connectivity index (χ2v) is 16.2. The molecule has 2 atom stereocenters. The van der Waals surface area contributed by atoms with E-state index in [0.717, 1.165) is 31.4 Å². The van der Waals surface area contributed by atoms with E-state index in [9.17, 15) is 0 Å². The maximum atomic E-state index is 6.81. The summed E-state index contributed by atoms with van der Waals surface area (Å²) in [4.78, 5) is 0. The Labute approximate surface area is 312 Å². The van der Waals surface area contributed by atoms with Crippen molar-refractivity contribution >= 4 is 43.8 Å². The van der Waals surface area contributed by atoms with Gasteiger partial charge in [-0.05, 0) is 145 Å². The molecule has 1 heteroatoms. The first kappa shape index (κ1) is 30.9. The van der Waals surface area contributed by atoms with E-state index < -0.39 is 0 Å². The monoisotopic (exact) mass is 682 g/mol. The van der Waals surface area contributed by atoms with Crippen molar-refractivity contribution in [2.75, 3.05) is 0 Å². The minimum Gasteiger partial charge on any atom is -0.485 e. The van der Waals surface area contributed by atoms with E-state index in [1.165, 1.54) is 93.9 Å². The average Bonchev–Trinajstić information content (AvgIpc) is 3.68. The van der Waals surface area contributed by atoms with Gasteiger partial charge in [0, 0.05) is 5.41 Å². The van der Waals surface area contributed by atoms with E-state index in [1.807, 2.05) is 0 Å². The zero-order valence-corrected chi connectivity index (χ0v) is 30.7. The van der Waals surface area contributed by atoms with Gasteiger partial charge in [-0.25, -0.2) is 0 Å². The summed E-state index contributed by atoms with van der Waals surface area (Å²) >= 11 is 0. The van der Waals surface area contributed by atoms with Gasteiger partial charge < -0.3 is 4.74 Å². The van der Waals surface area contributed by atoms with Crippen LogP contribution < -0.4 is 0 Å². The van der Waals surface area contributed by atoms with Crippen LogP contribution in [0.5, 0.6) is 0 Å². The Morgan fingerprint density at radius 1 is 0.642 bits per heavy atom. The van der Waals surface area contributed by atoms with Crippen molar-refractivity contribution in [3.8, 4) is 11.1 Å². The van der Waals surface area contributed by atoms with Crippen molar-refractivity contribution in [3.05, 3.63) is 190 Å². The fraction of sp³-hybridized carbons (Fsp3) is 0.192. The first-order valence-corrected chi connectivity index (χ1v) is 19.4. The number of ether oxygens (including phenoxy) is 1. The van der Waals surface area contributed by atoms with E-state index in [0.29, 0.717) is 0 Å². The zero-order valence-electron chi connectivity index (χ0n) is 30.7. The molecule has 0 spiro atoms. The fourth-order valence-electron chi connectivity index (χ4n) is 10.5. The molecule has 4 aliphatic carbocycles. The molecule has 5 aliphatic rings. The van der Waals surface area contributed by atoms with Crippen LogP contribution >= 0.6 is 0 Å². The van der Waals surface area contributed by atoms with Crippen LogP contribution in [0.3, 0.4) is 0 Å². The third-order valence-electron chi connectivity index (χ3n) is 13.0. The molecule has 6 aromatic rings. The van der Waals surface area contributed by atoms with Crippen molar-refractivity contribution < 1.29 is 4.74 Å². The Hall–Kier alpha value is -5.66. The van der Waals surface area contributed by atoms with Crippen molar-refractivity contribution in [2.45, 2.75) is 58.0 Å². The lowest BCUT2D eigenvalue weighted by Crippen LogP contribution is -2.21. The largest absolute Gasteiger partial charge is 0.485 e. The highest BCUT2D eigenvalue weighted by Crippen LogP contribution is 2.57. The molecule has 11 rings (SSSR count). The minimum atomic E-state index is -0.0708. The molecule has 0 aromatic heterocycles. The number of hydrogen-bond donors (Lipinski definition) is 0. The molecule has 0 N–H and O–H groups in total. The second kappa shape index (κ2) is 11.4. The number of benzene rings is 6. The van der Waals surface area contributed by atoms with Gasteiger partial charge in [-0.15, -0.1) is 0 Å². The van der Waals surface area contributed by atoms with E-state index >= 15 is 0 Å². The predicted molar refractivity (Wildman–Crippen MR) is 222 cm³/mol. The molecule has 0 fully saturated rings. The number of rotatable bonds is 3. The van der Waals surface area contributed by atoms with Crippen LogP contribution in [0.15, 0.2) is 151 Å². The lowest BCUT2D eigenvalue weighted by atomic mass is 9.74. The summed E-state index contributed by atoms with van der Waals surface area (Å²) in [6, 6.07) is 43.7. The van der Waals surface area contributed by atoms with Gasteiger partial charge in [-0.2, -0.15) is 0 Å². The van der Waals surface area contributed by atoms with E-state index in [1.54, 1.807) is 5.57 Å². The topological polar surface area (TPSA) is 9.23 Å². The van der Waals surface area contributed by atoms with Crippen LogP contribution in [0.4, 0.5) is 0 Å². The molecule has 53 heavy (non-hydrogen) atoms. The maximum absolute atomic E-state index is 6.81. The molecule has 0 saturated carbocycles. The van der Waals surface area contributed by atoms with Gasteiger partial charge in [-0.3, -0.25) is 0 Å². The number of fused-ring (bicyclic) bond motifs is 8. The average molecular weight is 683 g/mol. The van der Waals surface area contributed by atoms with E-state index in [4.69, 9.17) is 4.74 Å². The summed E-state index contributed by atoms with van der Waals surface area (Å²) in [5.41, 5.74) is 19.6. The molecule has 6 aromatic carbocycles. The number of hydrogen-bond acceptors (Lipinski definition) is 1. The first-order valence-electron chi connectivity index (χ1n) is 19.4. The molecule has 2 unspecified atom stereocenters. The van der Waals surface area contributed by atoms with Gasteiger partial charge >= 0.3 is 0 Å². The van der Waals surface area contributed by atoms with Crippen LogP contribution in [0.25, 0.3) is 55.0 Å².